The summed E-state index contributed by atoms with van der Waals surface area (Å²) in [5, 5.41) is 9.15. The van der Waals surface area contributed by atoms with Crippen molar-refractivity contribution in [3.63, 3.8) is 0 Å². The molecular formula is C13H21NO3S. The van der Waals surface area contributed by atoms with E-state index in [0.29, 0.717) is 6.54 Å². The minimum absolute atomic E-state index is 0.0557. The Bertz CT molecular complexity index is 468. The second-order valence-corrected chi connectivity index (χ2v) is 7.40. The van der Waals surface area contributed by atoms with Crippen molar-refractivity contribution in [3.8, 4) is 0 Å². The molecule has 0 radical (unpaired) electrons. The van der Waals surface area contributed by atoms with Crippen molar-refractivity contribution in [2.45, 2.75) is 20.4 Å². The van der Waals surface area contributed by atoms with E-state index in [-0.39, 0.29) is 12.4 Å². The zero-order valence-electron chi connectivity index (χ0n) is 11.1. The Balaban J connectivity index is 2.74. The van der Waals surface area contributed by atoms with Crippen molar-refractivity contribution in [2.24, 2.45) is 5.41 Å². The maximum atomic E-state index is 12.1. The molecule has 0 aliphatic rings. The number of aliphatic hydroxyl groups is 1. The number of nitrogens with zero attached hydrogens (tertiary/aromatic N) is 1. The third-order valence-corrected chi connectivity index (χ3v) is 4.95. The Hall–Kier alpha value is -0.910. The van der Waals surface area contributed by atoms with Gasteiger partial charge in [0.1, 0.15) is 0 Å². The van der Waals surface area contributed by atoms with Crippen LogP contribution in [0.25, 0.3) is 0 Å². The van der Waals surface area contributed by atoms with E-state index in [1.165, 1.54) is 4.31 Å². The normalized spacial score (nSPS) is 12.9. The highest BCUT2D eigenvalue weighted by molar-refractivity contribution is 7.89. The van der Waals surface area contributed by atoms with Crippen LogP contribution in [0.3, 0.4) is 0 Å². The predicted octanol–water partition coefficient (Wildman–Crippen LogP) is 1.47. The van der Waals surface area contributed by atoms with Gasteiger partial charge in [0, 0.05) is 25.6 Å². The average molecular weight is 271 g/mol. The third-order valence-electron chi connectivity index (χ3n) is 2.72. The van der Waals surface area contributed by atoms with E-state index in [1.54, 1.807) is 20.9 Å². The van der Waals surface area contributed by atoms with Crippen LogP contribution in [0.5, 0.6) is 0 Å². The van der Waals surface area contributed by atoms with Crippen LogP contribution in [0.1, 0.15) is 19.4 Å². The standard InChI is InChI=1S/C13H21NO3S/c1-13(2,10-15)11-18(16,17)14(3)9-12-7-5-4-6-8-12/h4-8,15H,9-11H2,1-3H3. The Morgan fingerprint density at radius 2 is 1.78 bits per heavy atom. The Morgan fingerprint density at radius 1 is 1.22 bits per heavy atom. The molecule has 4 nitrogen and oxygen atoms in total. The van der Waals surface area contributed by atoms with Gasteiger partial charge >= 0.3 is 0 Å². The molecule has 0 fully saturated rings. The van der Waals surface area contributed by atoms with Crippen LogP contribution in [-0.4, -0.2) is 37.2 Å². The van der Waals surface area contributed by atoms with Crippen molar-refractivity contribution in [2.75, 3.05) is 19.4 Å². The molecule has 1 aromatic carbocycles. The molecule has 0 amide bonds. The van der Waals surface area contributed by atoms with Crippen LogP contribution in [0.2, 0.25) is 0 Å². The number of rotatable bonds is 6. The molecule has 1 aromatic rings. The van der Waals surface area contributed by atoms with Gasteiger partial charge in [0.2, 0.25) is 10.0 Å². The van der Waals surface area contributed by atoms with Gasteiger partial charge in [-0.3, -0.25) is 0 Å². The molecule has 0 aliphatic carbocycles. The van der Waals surface area contributed by atoms with Crippen LogP contribution in [0, 0.1) is 5.41 Å². The van der Waals surface area contributed by atoms with Crippen molar-refractivity contribution in [3.05, 3.63) is 35.9 Å². The van der Waals surface area contributed by atoms with Crippen molar-refractivity contribution in [1.29, 1.82) is 0 Å². The molecule has 0 heterocycles. The minimum Gasteiger partial charge on any atom is -0.396 e. The highest BCUT2D eigenvalue weighted by atomic mass is 32.2. The Kier molecular flexibility index (Phi) is 4.90. The molecule has 0 saturated heterocycles. The van der Waals surface area contributed by atoms with Crippen molar-refractivity contribution in [1.82, 2.24) is 4.31 Å². The van der Waals surface area contributed by atoms with Crippen molar-refractivity contribution >= 4 is 10.0 Å². The van der Waals surface area contributed by atoms with Crippen molar-refractivity contribution < 1.29 is 13.5 Å². The van der Waals surface area contributed by atoms with E-state index in [0.717, 1.165) is 5.56 Å². The molecule has 0 atom stereocenters. The summed E-state index contributed by atoms with van der Waals surface area (Å²) in [6, 6.07) is 9.44. The molecule has 0 aliphatic heterocycles. The fraction of sp³-hybridized carbons (Fsp3) is 0.538. The van der Waals surface area contributed by atoms with Gasteiger partial charge in [-0.05, 0) is 5.56 Å². The van der Waals surface area contributed by atoms with Crippen LogP contribution >= 0.6 is 0 Å². The van der Waals surface area contributed by atoms with E-state index < -0.39 is 15.4 Å². The van der Waals surface area contributed by atoms with E-state index in [9.17, 15) is 8.42 Å². The first-order valence-corrected chi connectivity index (χ1v) is 7.46. The lowest BCUT2D eigenvalue weighted by Gasteiger charge is -2.25. The predicted molar refractivity (Wildman–Crippen MR) is 72.6 cm³/mol. The molecule has 0 unspecified atom stereocenters. The molecule has 0 aromatic heterocycles. The molecule has 1 N–H and O–H groups in total. The average Bonchev–Trinajstić information content (AvgIpc) is 2.29. The second kappa shape index (κ2) is 5.82. The summed E-state index contributed by atoms with van der Waals surface area (Å²) in [6.07, 6.45) is 0. The first kappa shape index (κ1) is 15.1. The molecule has 0 spiro atoms. The summed E-state index contributed by atoms with van der Waals surface area (Å²) in [5.74, 6) is -0.0557. The summed E-state index contributed by atoms with van der Waals surface area (Å²) < 4.78 is 25.6. The van der Waals surface area contributed by atoms with E-state index in [2.05, 4.69) is 0 Å². The zero-order valence-corrected chi connectivity index (χ0v) is 11.9. The van der Waals surface area contributed by atoms with E-state index in [4.69, 9.17) is 5.11 Å². The first-order valence-electron chi connectivity index (χ1n) is 5.86. The summed E-state index contributed by atoms with van der Waals surface area (Å²) in [5.41, 5.74) is 0.328. The number of hydrogen-bond donors (Lipinski definition) is 1. The summed E-state index contributed by atoms with van der Waals surface area (Å²) in [7, 11) is -1.79. The highest BCUT2D eigenvalue weighted by Gasteiger charge is 2.28. The Labute approximate surface area is 109 Å². The summed E-state index contributed by atoms with van der Waals surface area (Å²) in [4.78, 5) is 0. The highest BCUT2D eigenvalue weighted by Crippen LogP contribution is 2.19. The SMILES string of the molecule is CN(Cc1ccccc1)S(=O)(=O)CC(C)(C)CO. The van der Waals surface area contributed by atoms with Crippen LogP contribution in [-0.2, 0) is 16.6 Å². The van der Waals surface area contributed by atoms with Gasteiger partial charge in [0.05, 0.1) is 5.75 Å². The van der Waals surface area contributed by atoms with Gasteiger partial charge < -0.3 is 5.11 Å². The third kappa shape index (κ3) is 4.40. The van der Waals surface area contributed by atoms with Crippen LogP contribution < -0.4 is 0 Å². The van der Waals surface area contributed by atoms with Gasteiger partial charge in [-0.25, -0.2) is 12.7 Å². The quantitative estimate of drug-likeness (QED) is 0.852. The topological polar surface area (TPSA) is 57.6 Å². The number of hydrogen-bond acceptors (Lipinski definition) is 3. The lowest BCUT2D eigenvalue weighted by atomic mass is 9.98. The lowest BCUT2D eigenvalue weighted by Crippen LogP contribution is -2.36. The van der Waals surface area contributed by atoms with Gasteiger partial charge in [0.15, 0.2) is 0 Å². The molecule has 102 valence electrons. The lowest BCUT2D eigenvalue weighted by molar-refractivity contribution is 0.177. The number of benzene rings is 1. The van der Waals surface area contributed by atoms with Gasteiger partial charge in [-0.1, -0.05) is 44.2 Å². The van der Waals surface area contributed by atoms with Gasteiger partial charge in [-0.2, -0.15) is 0 Å². The monoisotopic (exact) mass is 271 g/mol. The molecular weight excluding hydrogens is 250 g/mol. The van der Waals surface area contributed by atoms with Crippen LogP contribution in [0.4, 0.5) is 0 Å². The first-order chi connectivity index (χ1) is 8.27. The number of aliphatic hydroxyl groups excluding tert-OH is 1. The fourth-order valence-corrected chi connectivity index (χ4v) is 3.23. The summed E-state index contributed by atoms with van der Waals surface area (Å²) in [6.45, 7) is 3.68. The van der Waals surface area contributed by atoms with E-state index >= 15 is 0 Å². The van der Waals surface area contributed by atoms with Gasteiger partial charge in [-0.15, -0.1) is 0 Å². The zero-order chi connectivity index (χ0) is 13.8. The Morgan fingerprint density at radius 3 is 2.28 bits per heavy atom. The molecule has 18 heavy (non-hydrogen) atoms. The largest absolute Gasteiger partial charge is 0.396 e. The molecule has 1 rings (SSSR count). The van der Waals surface area contributed by atoms with Gasteiger partial charge in [0.25, 0.3) is 0 Å². The maximum Gasteiger partial charge on any atom is 0.214 e. The molecule has 5 heteroatoms. The number of sulfonamides is 1. The van der Waals surface area contributed by atoms with Crippen LogP contribution in [0.15, 0.2) is 30.3 Å². The molecule has 0 bridgehead atoms. The smallest absolute Gasteiger partial charge is 0.214 e. The molecule has 0 saturated carbocycles. The van der Waals surface area contributed by atoms with E-state index in [1.807, 2.05) is 30.3 Å². The summed E-state index contributed by atoms with van der Waals surface area (Å²) >= 11 is 0. The second-order valence-electron chi connectivity index (χ2n) is 5.32. The minimum atomic E-state index is -3.35. The fourth-order valence-electron chi connectivity index (χ4n) is 1.59. The maximum absolute atomic E-state index is 12.1.